The fraction of sp³-hybridized carbons (Fsp3) is 0.190. The Morgan fingerprint density at radius 1 is 1.22 bits per heavy atom. The van der Waals surface area contributed by atoms with Gasteiger partial charge in [0.15, 0.2) is 11.6 Å². The van der Waals surface area contributed by atoms with Crippen molar-refractivity contribution in [3.8, 4) is 5.82 Å². The lowest BCUT2D eigenvalue weighted by Gasteiger charge is -2.15. The molecule has 0 aliphatic carbocycles. The van der Waals surface area contributed by atoms with E-state index in [4.69, 9.17) is 11.6 Å². The van der Waals surface area contributed by atoms with Crippen LogP contribution in [0.3, 0.4) is 0 Å². The average Bonchev–Trinajstić information content (AvgIpc) is 3.23. The van der Waals surface area contributed by atoms with Crippen LogP contribution in [0.4, 0.5) is 5.69 Å². The van der Waals surface area contributed by atoms with Crippen LogP contribution in [0.25, 0.3) is 5.82 Å². The van der Waals surface area contributed by atoms with Crippen LogP contribution in [0, 0.1) is 0 Å². The summed E-state index contributed by atoms with van der Waals surface area (Å²) in [6.07, 6.45) is 1.75. The molecular weight excluding hydrogens is 629 g/mol. The van der Waals surface area contributed by atoms with E-state index < -0.39 is 11.4 Å². The van der Waals surface area contributed by atoms with E-state index in [1.807, 2.05) is 12.1 Å². The zero-order chi connectivity index (χ0) is 23.2. The first-order valence-corrected chi connectivity index (χ1v) is 12.1. The van der Waals surface area contributed by atoms with E-state index in [-0.39, 0.29) is 17.9 Å². The van der Waals surface area contributed by atoms with Crippen LogP contribution < -0.4 is 5.32 Å². The summed E-state index contributed by atoms with van der Waals surface area (Å²) >= 11 is 16.6. The Balaban J connectivity index is 1.77. The molecule has 7 nitrogen and oxygen atoms in total. The highest BCUT2D eigenvalue weighted by molar-refractivity contribution is 9.11. The number of ketones is 1. The van der Waals surface area contributed by atoms with Crippen LogP contribution in [0.5, 0.6) is 0 Å². The lowest BCUT2D eigenvalue weighted by atomic mass is 9.99. The minimum absolute atomic E-state index is 0.0210. The Morgan fingerprint density at radius 2 is 1.97 bits per heavy atom. The molecule has 0 atom stereocenters. The number of aromatic nitrogens is 3. The van der Waals surface area contributed by atoms with E-state index >= 15 is 0 Å². The third kappa shape index (κ3) is 4.46. The van der Waals surface area contributed by atoms with E-state index in [0.717, 1.165) is 4.47 Å². The highest BCUT2D eigenvalue weighted by Gasteiger charge is 2.35. The number of carbonyl (C=O) groups is 2. The predicted octanol–water partition coefficient (Wildman–Crippen LogP) is 6.00. The SMILES string of the molecule is CC1(C)N=C(c2cc(Br)cc(Br)c2NC(=O)c2cc(Br)nn2-c2ncccc2Cl)CC1=O. The number of benzene rings is 1. The van der Waals surface area contributed by atoms with E-state index in [9.17, 15) is 9.59 Å². The van der Waals surface area contributed by atoms with Crippen LogP contribution in [0.1, 0.15) is 36.3 Å². The summed E-state index contributed by atoms with van der Waals surface area (Å²) in [7, 11) is 0. The van der Waals surface area contributed by atoms with Gasteiger partial charge in [0.25, 0.3) is 5.91 Å². The molecule has 0 bridgehead atoms. The third-order valence-electron chi connectivity index (χ3n) is 4.88. The molecule has 32 heavy (non-hydrogen) atoms. The molecule has 0 radical (unpaired) electrons. The number of hydrogen-bond acceptors (Lipinski definition) is 5. The first-order valence-electron chi connectivity index (χ1n) is 9.36. The predicted molar refractivity (Wildman–Crippen MR) is 134 cm³/mol. The molecule has 164 valence electrons. The Hall–Kier alpha value is -1.88. The number of halogens is 4. The summed E-state index contributed by atoms with van der Waals surface area (Å²) in [5, 5.41) is 7.59. The van der Waals surface area contributed by atoms with Crippen LogP contribution >= 0.6 is 59.4 Å². The molecular formula is C21H15Br3ClN5O2. The largest absolute Gasteiger partial charge is 0.319 e. The fourth-order valence-electron chi connectivity index (χ4n) is 3.28. The van der Waals surface area contributed by atoms with E-state index in [1.165, 1.54) is 4.68 Å². The quantitative estimate of drug-likeness (QED) is 0.378. The van der Waals surface area contributed by atoms with Crippen molar-refractivity contribution in [2.24, 2.45) is 4.99 Å². The van der Waals surface area contributed by atoms with E-state index in [1.54, 1.807) is 38.2 Å². The first-order chi connectivity index (χ1) is 15.1. The molecule has 2 aromatic heterocycles. The van der Waals surface area contributed by atoms with Crippen LogP contribution in [-0.2, 0) is 4.79 Å². The van der Waals surface area contributed by atoms with E-state index in [2.05, 4.69) is 68.2 Å². The average molecular weight is 645 g/mol. The van der Waals surface area contributed by atoms with Gasteiger partial charge in [0.1, 0.15) is 15.8 Å². The van der Waals surface area contributed by atoms with Crippen LogP contribution in [0.2, 0.25) is 5.02 Å². The number of pyridine rings is 1. The molecule has 3 aromatic rings. The molecule has 0 saturated heterocycles. The smallest absolute Gasteiger partial charge is 0.274 e. The van der Waals surface area contributed by atoms with Gasteiger partial charge in [0.05, 0.1) is 22.8 Å². The monoisotopic (exact) mass is 641 g/mol. The molecule has 1 amide bonds. The molecule has 0 spiro atoms. The molecule has 1 aromatic carbocycles. The second kappa shape index (κ2) is 8.81. The van der Waals surface area contributed by atoms with Gasteiger partial charge >= 0.3 is 0 Å². The molecule has 1 aliphatic rings. The molecule has 1 aliphatic heterocycles. The fourth-order valence-corrected chi connectivity index (χ4v) is 5.18. The van der Waals surface area contributed by atoms with Crippen molar-refractivity contribution in [2.75, 3.05) is 5.32 Å². The summed E-state index contributed by atoms with van der Waals surface area (Å²) in [6, 6.07) is 8.58. The van der Waals surface area contributed by atoms with Gasteiger partial charge in [-0.1, -0.05) is 27.5 Å². The number of amides is 1. The Labute approximate surface area is 214 Å². The summed E-state index contributed by atoms with van der Waals surface area (Å²) in [4.78, 5) is 34.5. The van der Waals surface area contributed by atoms with E-state index in [0.29, 0.717) is 36.9 Å². The van der Waals surface area contributed by atoms with Crippen LogP contribution in [-0.4, -0.2) is 37.7 Å². The number of carbonyl (C=O) groups excluding carboxylic acids is 2. The second-order valence-electron chi connectivity index (χ2n) is 7.55. The number of nitrogens with one attached hydrogen (secondary N) is 1. The maximum Gasteiger partial charge on any atom is 0.274 e. The Bertz CT molecular complexity index is 1300. The zero-order valence-electron chi connectivity index (χ0n) is 16.8. The second-order valence-corrected chi connectivity index (χ2v) is 10.5. The van der Waals surface area contributed by atoms with Gasteiger partial charge in [0.2, 0.25) is 0 Å². The molecule has 4 rings (SSSR count). The summed E-state index contributed by atoms with van der Waals surface area (Å²) < 4.78 is 3.24. The summed E-state index contributed by atoms with van der Waals surface area (Å²) in [5.41, 5.74) is 1.19. The van der Waals surface area contributed by atoms with Gasteiger partial charge in [-0.15, -0.1) is 0 Å². The number of anilines is 1. The maximum atomic E-state index is 13.3. The minimum Gasteiger partial charge on any atom is -0.319 e. The molecule has 3 heterocycles. The Morgan fingerprint density at radius 3 is 2.62 bits per heavy atom. The maximum absolute atomic E-state index is 13.3. The first kappa shape index (κ1) is 23.3. The number of nitrogens with zero attached hydrogens (tertiary/aromatic N) is 4. The van der Waals surface area contributed by atoms with Crippen molar-refractivity contribution in [2.45, 2.75) is 25.8 Å². The zero-order valence-corrected chi connectivity index (χ0v) is 22.3. The van der Waals surface area contributed by atoms with Crippen molar-refractivity contribution in [3.63, 3.8) is 0 Å². The molecule has 1 N–H and O–H groups in total. The van der Waals surface area contributed by atoms with Crippen molar-refractivity contribution in [1.29, 1.82) is 0 Å². The number of aliphatic imine (C=N–C) groups is 1. The van der Waals surface area contributed by atoms with Gasteiger partial charge in [-0.2, -0.15) is 5.10 Å². The standard InChI is InChI=1S/C21H15Br3ClN5O2/c1-21(2)16(31)8-14(28-21)11-6-10(22)7-12(23)18(11)27-20(32)15-9-17(24)29-30(15)19-13(25)4-3-5-26-19/h3-7,9H,8H2,1-2H3,(H,27,32). The highest BCUT2D eigenvalue weighted by Crippen LogP contribution is 2.35. The number of Topliss-reactive ketones (excluding diaryl/α,β-unsaturated/α-hetero) is 1. The van der Waals surface area contributed by atoms with Gasteiger partial charge in [-0.25, -0.2) is 9.67 Å². The van der Waals surface area contributed by atoms with Gasteiger partial charge in [0, 0.05) is 26.8 Å². The summed E-state index contributed by atoms with van der Waals surface area (Å²) in [5.74, 6) is -0.0846. The minimum atomic E-state index is -0.801. The number of rotatable bonds is 4. The lowest BCUT2D eigenvalue weighted by molar-refractivity contribution is -0.120. The third-order valence-corrected chi connectivity index (χ3v) is 6.65. The van der Waals surface area contributed by atoms with Crippen molar-refractivity contribution in [3.05, 3.63) is 66.4 Å². The van der Waals surface area contributed by atoms with Crippen molar-refractivity contribution >= 4 is 82.5 Å². The van der Waals surface area contributed by atoms with Crippen LogP contribution in [0.15, 0.2) is 55.1 Å². The van der Waals surface area contributed by atoms with Crippen molar-refractivity contribution < 1.29 is 9.59 Å². The number of hydrogen-bond donors (Lipinski definition) is 1. The van der Waals surface area contributed by atoms with Gasteiger partial charge < -0.3 is 5.32 Å². The van der Waals surface area contributed by atoms with Crippen molar-refractivity contribution in [1.82, 2.24) is 14.8 Å². The lowest BCUT2D eigenvalue weighted by Crippen LogP contribution is -2.23. The molecule has 11 heteroatoms. The summed E-state index contributed by atoms with van der Waals surface area (Å²) in [6.45, 7) is 3.56. The topological polar surface area (TPSA) is 89.2 Å². The normalized spacial score (nSPS) is 15.1. The van der Waals surface area contributed by atoms with Gasteiger partial charge in [-0.3, -0.25) is 14.6 Å². The Kier molecular flexibility index (Phi) is 6.41. The molecule has 0 fully saturated rings. The molecule has 0 saturated carbocycles. The van der Waals surface area contributed by atoms with Gasteiger partial charge in [-0.05, 0) is 70.0 Å². The molecule has 0 unspecified atom stereocenters. The highest BCUT2D eigenvalue weighted by atomic mass is 79.9.